The van der Waals surface area contributed by atoms with Gasteiger partial charge in [0, 0.05) is 11.1 Å². The number of aryl methyl sites for hydroxylation is 1. The van der Waals surface area contributed by atoms with E-state index in [0.717, 1.165) is 63.8 Å². The summed E-state index contributed by atoms with van der Waals surface area (Å²) in [6.45, 7) is 2.94. The maximum absolute atomic E-state index is 14.1. The molecule has 0 aliphatic heterocycles. The predicted molar refractivity (Wildman–Crippen MR) is 144 cm³/mol. The number of hydrogen-bond acceptors (Lipinski definition) is 5. The molecule has 0 saturated carbocycles. The predicted octanol–water partition coefficient (Wildman–Crippen LogP) is 6.69. The quantitative estimate of drug-likeness (QED) is 0.271. The molecule has 5 rings (SSSR count). The van der Waals surface area contributed by atoms with E-state index < -0.39 is 0 Å². The van der Waals surface area contributed by atoms with E-state index in [-0.39, 0.29) is 11.8 Å². The van der Waals surface area contributed by atoms with Gasteiger partial charge in [0.15, 0.2) is 0 Å². The third-order valence-corrected chi connectivity index (χ3v) is 7.46. The lowest BCUT2D eigenvalue weighted by Crippen LogP contribution is -2.36. The van der Waals surface area contributed by atoms with Gasteiger partial charge in [-0.2, -0.15) is 0 Å². The molecule has 0 spiro atoms. The van der Waals surface area contributed by atoms with Gasteiger partial charge in [0.2, 0.25) is 5.91 Å². The number of thiazole rings is 1. The van der Waals surface area contributed by atoms with Gasteiger partial charge in [0.1, 0.15) is 18.1 Å². The second kappa shape index (κ2) is 11.0. The lowest BCUT2D eigenvalue weighted by molar-refractivity contribution is -0.120. The Hall–Kier alpha value is -3.64. The van der Waals surface area contributed by atoms with Crippen LogP contribution in [0, 0.1) is 6.92 Å². The third kappa shape index (κ3) is 5.29. The highest BCUT2D eigenvalue weighted by Crippen LogP contribution is 2.39. The standard InChI is InChI=1S/C30H30N2O3S/c1-21-31-23(20-36-21)18-32(24-14-16-25(34-2)17-15-24)30(33)28-12-6-11-27-26(28)10-7-13-29(27)35-19-22-8-4-3-5-9-22/h3-5,7-10,13-17,20,28H,6,11-12,18-19H2,1-2H3. The lowest BCUT2D eigenvalue weighted by atomic mass is 9.81. The Bertz CT molecular complexity index is 1320. The second-order valence-corrected chi connectivity index (χ2v) is 10.1. The highest BCUT2D eigenvalue weighted by atomic mass is 32.1. The summed E-state index contributed by atoms with van der Waals surface area (Å²) in [6, 6.07) is 24.0. The van der Waals surface area contributed by atoms with E-state index in [1.165, 1.54) is 0 Å². The minimum atomic E-state index is -0.226. The van der Waals surface area contributed by atoms with Gasteiger partial charge < -0.3 is 14.4 Å². The van der Waals surface area contributed by atoms with Crippen LogP contribution in [0.25, 0.3) is 0 Å². The molecule has 1 atom stereocenters. The molecule has 1 aliphatic carbocycles. The van der Waals surface area contributed by atoms with E-state index in [1.807, 2.05) is 71.8 Å². The molecule has 0 saturated heterocycles. The Balaban J connectivity index is 1.44. The van der Waals surface area contributed by atoms with Gasteiger partial charge in [-0.25, -0.2) is 4.98 Å². The number of hydrogen-bond donors (Lipinski definition) is 0. The molecule has 0 bridgehead atoms. The molecule has 3 aromatic carbocycles. The van der Waals surface area contributed by atoms with Crippen LogP contribution in [0.15, 0.2) is 78.2 Å². The average molecular weight is 499 g/mol. The van der Waals surface area contributed by atoms with Crippen molar-refractivity contribution >= 4 is 22.9 Å². The maximum atomic E-state index is 14.1. The van der Waals surface area contributed by atoms with Gasteiger partial charge in [-0.05, 0) is 73.2 Å². The van der Waals surface area contributed by atoms with Crippen molar-refractivity contribution in [3.8, 4) is 11.5 Å². The van der Waals surface area contributed by atoms with Crippen molar-refractivity contribution in [2.24, 2.45) is 0 Å². The van der Waals surface area contributed by atoms with E-state index in [9.17, 15) is 4.79 Å². The van der Waals surface area contributed by atoms with E-state index in [0.29, 0.717) is 13.2 Å². The fourth-order valence-electron chi connectivity index (χ4n) is 4.83. The Morgan fingerprint density at radius 3 is 2.58 bits per heavy atom. The van der Waals surface area contributed by atoms with Crippen LogP contribution in [-0.4, -0.2) is 18.0 Å². The molecule has 1 amide bonds. The number of amides is 1. The molecule has 1 heterocycles. The number of benzene rings is 3. The highest BCUT2D eigenvalue weighted by molar-refractivity contribution is 7.09. The van der Waals surface area contributed by atoms with Crippen molar-refractivity contribution in [3.05, 3.63) is 106 Å². The van der Waals surface area contributed by atoms with Crippen LogP contribution in [0.3, 0.4) is 0 Å². The normalized spacial score (nSPS) is 14.7. The summed E-state index contributed by atoms with van der Waals surface area (Å²) in [5.74, 6) is 1.50. The fourth-order valence-corrected chi connectivity index (χ4v) is 5.44. The number of carbonyl (C=O) groups excluding carboxylic acids is 1. The monoisotopic (exact) mass is 498 g/mol. The summed E-state index contributed by atoms with van der Waals surface area (Å²) < 4.78 is 11.6. The minimum Gasteiger partial charge on any atom is -0.497 e. The molecule has 0 N–H and O–H groups in total. The van der Waals surface area contributed by atoms with Crippen LogP contribution in [0.2, 0.25) is 0 Å². The van der Waals surface area contributed by atoms with Gasteiger partial charge in [0.25, 0.3) is 0 Å². The van der Waals surface area contributed by atoms with E-state index >= 15 is 0 Å². The van der Waals surface area contributed by atoms with Crippen molar-refractivity contribution in [1.82, 2.24) is 4.98 Å². The Morgan fingerprint density at radius 1 is 1.06 bits per heavy atom. The number of ether oxygens (including phenoxy) is 2. The zero-order valence-electron chi connectivity index (χ0n) is 20.6. The molecule has 184 valence electrons. The van der Waals surface area contributed by atoms with Crippen LogP contribution < -0.4 is 14.4 Å². The molecule has 1 aromatic heterocycles. The smallest absolute Gasteiger partial charge is 0.234 e. The zero-order chi connectivity index (χ0) is 24.9. The number of anilines is 1. The summed E-state index contributed by atoms with van der Waals surface area (Å²) in [5, 5.41) is 3.03. The van der Waals surface area contributed by atoms with Crippen molar-refractivity contribution in [2.75, 3.05) is 12.0 Å². The number of nitrogens with zero attached hydrogens (tertiary/aromatic N) is 2. The van der Waals surface area contributed by atoms with Gasteiger partial charge in [-0.3, -0.25) is 4.79 Å². The Kier molecular flexibility index (Phi) is 7.33. The topological polar surface area (TPSA) is 51.7 Å². The molecule has 0 fully saturated rings. The molecule has 36 heavy (non-hydrogen) atoms. The number of carbonyl (C=O) groups is 1. The molecule has 0 radical (unpaired) electrons. The van der Waals surface area contributed by atoms with Crippen molar-refractivity contribution in [1.29, 1.82) is 0 Å². The van der Waals surface area contributed by atoms with Crippen molar-refractivity contribution < 1.29 is 14.3 Å². The fraction of sp³-hybridized carbons (Fsp3) is 0.267. The van der Waals surface area contributed by atoms with Crippen molar-refractivity contribution in [2.45, 2.75) is 45.3 Å². The highest BCUT2D eigenvalue weighted by Gasteiger charge is 2.32. The summed E-state index contributed by atoms with van der Waals surface area (Å²) in [5.41, 5.74) is 5.09. The number of methoxy groups -OCH3 is 1. The SMILES string of the molecule is COc1ccc(N(Cc2csc(C)n2)C(=O)C2CCCc3c(OCc4ccccc4)cccc32)cc1. The van der Waals surface area contributed by atoms with Crippen LogP contribution in [0.5, 0.6) is 11.5 Å². The minimum absolute atomic E-state index is 0.0898. The number of fused-ring (bicyclic) bond motifs is 1. The first-order valence-electron chi connectivity index (χ1n) is 12.3. The summed E-state index contributed by atoms with van der Waals surface area (Å²) in [4.78, 5) is 20.6. The summed E-state index contributed by atoms with van der Waals surface area (Å²) >= 11 is 1.60. The molecular formula is C30H30N2O3S. The summed E-state index contributed by atoms with van der Waals surface area (Å²) in [7, 11) is 1.65. The van der Waals surface area contributed by atoms with Crippen molar-refractivity contribution in [3.63, 3.8) is 0 Å². The average Bonchev–Trinajstić information content (AvgIpc) is 3.35. The first kappa shape index (κ1) is 24.1. The molecule has 4 aromatic rings. The zero-order valence-corrected chi connectivity index (χ0v) is 21.5. The van der Waals surface area contributed by atoms with Gasteiger partial charge in [-0.15, -0.1) is 11.3 Å². The Labute approximate surface area is 216 Å². The number of rotatable bonds is 8. The third-order valence-electron chi connectivity index (χ3n) is 6.64. The van der Waals surface area contributed by atoms with Crippen LogP contribution in [0.4, 0.5) is 5.69 Å². The number of aromatic nitrogens is 1. The molecule has 1 unspecified atom stereocenters. The summed E-state index contributed by atoms with van der Waals surface area (Å²) in [6.07, 6.45) is 2.68. The van der Waals surface area contributed by atoms with Crippen LogP contribution >= 0.6 is 11.3 Å². The molecule has 6 heteroatoms. The second-order valence-electron chi connectivity index (χ2n) is 9.02. The molecule has 5 nitrogen and oxygen atoms in total. The van der Waals surface area contributed by atoms with E-state index in [2.05, 4.69) is 23.2 Å². The van der Waals surface area contributed by atoms with E-state index in [1.54, 1.807) is 18.4 Å². The van der Waals surface area contributed by atoms with Gasteiger partial charge in [-0.1, -0.05) is 42.5 Å². The Morgan fingerprint density at radius 2 is 1.86 bits per heavy atom. The van der Waals surface area contributed by atoms with Crippen LogP contribution in [-0.2, 0) is 24.4 Å². The lowest BCUT2D eigenvalue weighted by Gasteiger charge is -2.31. The first-order chi connectivity index (χ1) is 17.6. The first-order valence-corrected chi connectivity index (χ1v) is 13.2. The maximum Gasteiger partial charge on any atom is 0.234 e. The van der Waals surface area contributed by atoms with Gasteiger partial charge >= 0.3 is 0 Å². The largest absolute Gasteiger partial charge is 0.497 e. The van der Waals surface area contributed by atoms with E-state index in [4.69, 9.17) is 9.47 Å². The van der Waals surface area contributed by atoms with Crippen LogP contribution in [0.1, 0.15) is 46.2 Å². The molecular weight excluding hydrogens is 468 g/mol. The van der Waals surface area contributed by atoms with Gasteiger partial charge in [0.05, 0.1) is 30.3 Å². The molecule has 1 aliphatic rings.